The number of thioether (sulfide) groups is 1. The molecular weight excluding hydrogens is 182 g/mol. The van der Waals surface area contributed by atoms with Crippen LogP contribution in [0, 0.1) is 0 Å². The van der Waals surface area contributed by atoms with Crippen LogP contribution >= 0.6 is 11.8 Å². The topological polar surface area (TPSA) is 35.2 Å². The van der Waals surface area contributed by atoms with Gasteiger partial charge < -0.3 is 10.5 Å². The molecule has 0 atom stereocenters. The fourth-order valence-corrected chi connectivity index (χ4v) is 1.59. The van der Waals surface area contributed by atoms with Gasteiger partial charge in [-0.25, -0.2) is 0 Å². The van der Waals surface area contributed by atoms with Gasteiger partial charge in [0.15, 0.2) is 0 Å². The number of ether oxygens (including phenoxy) is 1. The molecule has 0 radical (unpaired) electrons. The summed E-state index contributed by atoms with van der Waals surface area (Å²) in [6.45, 7) is 3.98. The highest BCUT2D eigenvalue weighted by molar-refractivity contribution is 7.98. The van der Waals surface area contributed by atoms with Crippen molar-refractivity contribution in [2.45, 2.75) is 24.8 Å². The zero-order valence-electron chi connectivity index (χ0n) is 8.20. The average molecular weight is 197 g/mol. The number of hydrogen-bond donors (Lipinski definition) is 1. The number of hydrogen-bond acceptors (Lipinski definition) is 3. The standard InChI is InChI=1S/C10H15NOS/c1-7(2)12-8-5-4-6-9(13-3)10(8)11/h4-7H,11H2,1-3H3. The summed E-state index contributed by atoms with van der Waals surface area (Å²) >= 11 is 1.63. The van der Waals surface area contributed by atoms with E-state index in [1.54, 1.807) is 11.8 Å². The second-order valence-corrected chi connectivity index (χ2v) is 3.89. The molecule has 0 aliphatic rings. The molecule has 0 fully saturated rings. The Morgan fingerprint density at radius 1 is 1.38 bits per heavy atom. The third kappa shape index (κ3) is 2.56. The zero-order chi connectivity index (χ0) is 9.84. The van der Waals surface area contributed by atoms with Gasteiger partial charge in [0.05, 0.1) is 11.8 Å². The predicted molar refractivity (Wildman–Crippen MR) is 58.4 cm³/mol. The average Bonchev–Trinajstić information content (AvgIpc) is 2.08. The maximum atomic E-state index is 5.90. The molecule has 0 aromatic heterocycles. The second-order valence-electron chi connectivity index (χ2n) is 3.04. The molecule has 1 aromatic carbocycles. The van der Waals surface area contributed by atoms with Crippen LogP contribution in [0.5, 0.6) is 5.75 Å². The lowest BCUT2D eigenvalue weighted by Gasteiger charge is -2.13. The first kappa shape index (κ1) is 10.3. The summed E-state index contributed by atoms with van der Waals surface area (Å²) in [5.41, 5.74) is 6.64. The van der Waals surface area contributed by atoms with E-state index in [4.69, 9.17) is 10.5 Å². The van der Waals surface area contributed by atoms with Gasteiger partial charge in [0, 0.05) is 4.90 Å². The molecule has 1 rings (SSSR count). The highest BCUT2D eigenvalue weighted by Gasteiger charge is 2.05. The number of nitrogens with two attached hydrogens (primary N) is 1. The van der Waals surface area contributed by atoms with E-state index in [-0.39, 0.29) is 6.10 Å². The van der Waals surface area contributed by atoms with Crippen LogP contribution in [-0.4, -0.2) is 12.4 Å². The molecule has 0 amide bonds. The number of anilines is 1. The summed E-state index contributed by atoms with van der Waals surface area (Å²) < 4.78 is 5.55. The van der Waals surface area contributed by atoms with E-state index < -0.39 is 0 Å². The lowest BCUT2D eigenvalue weighted by Crippen LogP contribution is -2.07. The van der Waals surface area contributed by atoms with Gasteiger partial charge in [-0.3, -0.25) is 0 Å². The van der Waals surface area contributed by atoms with Crippen molar-refractivity contribution in [1.29, 1.82) is 0 Å². The van der Waals surface area contributed by atoms with Crippen molar-refractivity contribution < 1.29 is 4.74 Å². The number of benzene rings is 1. The van der Waals surface area contributed by atoms with Crippen molar-refractivity contribution in [3.63, 3.8) is 0 Å². The van der Waals surface area contributed by atoms with Crippen molar-refractivity contribution in [2.75, 3.05) is 12.0 Å². The van der Waals surface area contributed by atoms with E-state index in [1.165, 1.54) is 0 Å². The molecule has 0 bridgehead atoms. The van der Waals surface area contributed by atoms with E-state index in [0.29, 0.717) is 0 Å². The van der Waals surface area contributed by atoms with Crippen LogP contribution in [0.15, 0.2) is 23.1 Å². The molecule has 3 heteroatoms. The maximum absolute atomic E-state index is 5.90. The van der Waals surface area contributed by atoms with Crippen LogP contribution < -0.4 is 10.5 Å². The first-order chi connectivity index (χ1) is 6.15. The molecule has 0 saturated heterocycles. The largest absolute Gasteiger partial charge is 0.489 e. The molecule has 72 valence electrons. The first-order valence-electron chi connectivity index (χ1n) is 4.24. The summed E-state index contributed by atoms with van der Waals surface area (Å²) in [5, 5.41) is 0. The molecule has 13 heavy (non-hydrogen) atoms. The zero-order valence-corrected chi connectivity index (χ0v) is 9.02. The third-order valence-corrected chi connectivity index (χ3v) is 2.40. The van der Waals surface area contributed by atoms with Crippen LogP contribution in [-0.2, 0) is 0 Å². The van der Waals surface area contributed by atoms with E-state index in [2.05, 4.69) is 0 Å². The molecule has 0 unspecified atom stereocenters. The van der Waals surface area contributed by atoms with E-state index >= 15 is 0 Å². The quantitative estimate of drug-likeness (QED) is 0.598. The molecular formula is C10H15NOS. The summed E-state index contributed by atoms with van der Waals surface area (Å²) in [6, 6.07) is 5.85. The number of para-hydroxylation sites is 1. The molecule has 0 spiro atoms. The van der Waals surface area contributed by atoms with E-state index in [0.717, 1.165) is 16.3 Å². The smallest absolute Gasteiger partial charge is 0.143 e. The summed E-state index contributed by atoms with van der Waals surface area (Å²) in [4.78, 5) is 1.07. The van der Waals surface area contributed by atoms with E-state index in [9.17, 15) is 0 Å². The minimum Gasteiger partial charge on any atom is -0.489 e. The van der Waals surface area contributed by atoms with Crippen molar-refractivity contribution in [3.8, 4) is 5.75 Å². The van der Waals surface area contributed by atoms with Gasteiger partial charge in [-0.2, -0.15) is 0 Å². The normalized spacial score (nSPS) is 10.5. The molecule has 0 saturated carbocycles. The van der Waals surface area contributed by atoms with Gasteiger partial charge in [-0.1, -0.05) is 6.07 Å². The van der Waals surface area contributed by atoms with Crippen molar-refractivity contribution in [3.05, 3.63) is 18.2 Å². The number of rotatable bonds is 3. The van der Waals surface area contributed by atoms with Gasteiger partial charge in [0.1, 0.15) is 5.75 Å². The molecule has 2 nitrogen and oxygen atoms in total. The number of nitrogen functional groups attached to an aromatic ring is 1. The van der Waals surface area contributed by atoms with Gasteiger partial charge in [0.2, 0.25) is 0 Å². The van der Waals surface area contributed by atoms with Crippen LogP contribution in [0.25, 0.3) is 0 Å². The summed E-state index contributed by atoms with van der Waals surface area (Å²) in [6.07, 6.45) is 2.17. The predicted octanol–water partition coefficient (Wildman–Crippen LogP) is 2.78. The highest BCUT2D eigenvalue weighted by Crippen LogP contribution is 2.31. The molecule has 1 aromatic rings. The second kappa shape index (κ2) is 4.42. The fraction of sp³-hybridized carbons (Fsp3) is 0.400. The Labute approximate surface area is 83.5 Å². The fourth-order valence-electron chi connectivity index (χ4n) is 1.06. The van der Waals surface area contributed by atoms with Gasteiger partial charge in [0.25, 0.3) is 0 Å². The van der Waals surface area contributed by atoms with Crippen LogP contribution in [0.1, 0.15) is 13.8 Å². The Morgan fingerprint density at radius 3 is 2.62 bits per heavy atom. The van der Waals surface area contributed by atoms with Crippen LogP contribution in [0.4, 0.5) is 5.69 Å². The summed E-state index contributed by atoms with van der Waals surface area (Å²) in [7, 11) is 0. The Hall–Kier alpha value is -0.830. The Kier molecular flexibility index (Phi) is 3.48. The lowest BCUT2D eigenvalue weighted by molar-refractivity contribution is 0.243. The molecule has 0 heterocycles. The van der Waals surface area contributed by atoms with Crippen LogP contribution in [0.2, 0.25) is 0 Å². The molecule has 0 aliphatic carbocycles. The monoisotopic (exact) mass is 197 g/mol. The first-order valence-corrected chi connectivity index (χ1v) is 5.46. The highest BCUT2D eigenvalue weighted by atomic mass is 32.2. The van der Waals surface area contributed by atoms with Gasteiger partial charge >= 0.3 is 0 Å². The maximum Gasteiger partial charge on any atom is 0.143 e. The van der Waals surface area contributed by atoms with Crippen LogP contribution in [0.3, 0.4) is 0 Å². The van der Waals surface area contributed by atoms with Crippen molar-refractivity contribution in [2.24, 2.45) is 0 Å². The molecule has 2 N–H and O–H groups in total. The third-order valence-electron chi connectivity index (χ3n) is 1.61. The minimum atomic E-state index is 0.166. The Bertz CT molecular complexity index is 286. The van der Waals surface area contributed by atoms with Gasteiger partial charge in [-0.05, 0) is 32.2 Å². The Morgan fingerprint density at radius 2 is 2.08 bits per heavy atom. The minimum absolute atomic E-state index is 0.166. The van der Waals surface area contributed by atoms with Crippen molar-refractivity contribution >= 4 is 17.4 Å². The SMILES string of the molecule is CSc1cccc(OC(C)C)c1N. The molecule has 0 aliphatic heterocycles. The lowest BCUT2D eigenvalue weighted by atomic mass is 10.3. The Balaban J connectivity index is 2.94. The van der Waals surface area contributed by atoms with Gasteiger partial charge in [-0.15, -0.1) is 11.8 Å². The van der Waals surface area contributed by atoms with Crippen molar-refractivity contribution in [1.82, 2.24) is 0 Å². The summed E-state index contributed by atoms with van der Waals surface area (Å²) in [5.74, 6) is 0.779. The van der Waals surface area contributed by atoms with E-state index in [1.807, 2.05) is 38.3 Å².